The van der Waals surface area contributed by atoms with Gasteiger partial charge in [-0.3, -0.25) is 10.1 Å². The Bertz CT molecular complexity index is 641. The molecule has 1 aliphatic rings. The molecule has 0 bridgehead atoms. The fourth-order valence-electron chi connectivity index (χ4n) is 1.68. The first-order chi connectivity index (χ1) is 9.13. The van der Waals surface area contributed by atoms with Gasteiger partial charge in [-0.05, 0) is 28.8 Å². The Morgan fingerprint density at radius 3 is 3.00 bits per heavy atom. The van der Waals surface area contributed by atoms with Gasteiger partial charge in [0.15, 0.2) is 5.13 Å². The third-order valence-corrected chi connectivity index (χ3v) is 3.98. The van der Waals surface area contributed by atoms with Crippen LogP contribution in [0.3, 0.4) is 0 Å². The summed E-state index contributed by atoms with van der Waals surface area (Å²) in [6, 6.07) is 1.42. The Labute approximate surface area is 121 Å². The molecule has 19 heavy (non-hydrogen) atoms. The standard InChI is InChI=1S/C11H9BrN4O2S/c12-7-3-9(16(17)18)10(13-4-7)15-11-14-8(5-19-11)6-1-2-6/h3-6H,1-2H2,(H,13,14,15). The van der Waals surface area contributed by atoms with Crippen LogP contribution < -0.4 is 5.32 Å². The lowest BCUT2D eigenvalue weighted by Crippen LogP contribution is -1.99. The van der Waals surface area contributed by atoms with E-state index in [-0.39, 0.29) is 11.5 Å². The highest BCUT2D eigenvalue weighted by Crippen LogP contribution is 2.41. The predicted octanol–water partition coefficient (Wildman–Crippen LogP) is 3.83. The molecule has 0 aromatic carbocycles. The van der Waals surface area contributed by atoms with Gasteiger partial charge >= 0.3 is 5.69 Å². The summed E-state index contributed by atoms with van der Waals surface area (Å²) in [7, 11) is 0. The maximum atomic E-state index is 11.0. The highest BCUT2D eigenvalue weighted by molar-refractivity contribution is 9.10. The van der Waals surface area contributed by atoms with Crippen LogP contribution in [0.2, 0.25) is 0 Å². The molecule has 0 unspecified atom stereocenters. The first kappa shape index (κ1) is 12.5. The van der Waals surface area contributed by atoms with Crippen LogP contribution in [0, 0.1) is 10.1 Å². The lowest BCUT2D eigenvalue weighted by atomic mass is 10.3. The molecule has 0 spiro atoms. The summed E-state index contributed by atoms with van der Waals surface area (Å²) in [5.74, 6) is 0.782. The molecule has 0 radical (unpaired) electrons. The van der Waals surface area contributed by atoms with E-state index in [1.807, 2.05) is 5.38 Å². The summed E-state index contributed by atoms with van der Waals surface area (Å²) in [6.07, 6.45) is 3.88. The average Bonchev–Trinajstić information content (AvgIpc) is 3.12. The van der Waals surface area contributed by atoms with E-state index in [9.17, 15) is 10.1 Å². The highest BCUT2D eigenvalue weighted by atomic mass is 79.9. The number of rotatable bonds is 4. The summed E-state index contributed by atoms with van der Waals surface area (Å²) < 4.78 is 0.572. The van der Waals surface area contributed by atoms with Crippen molar-refractivity contribution in [3.05, 3.63) is 37.9 Å². The van der Waals surface area contributed by atoms with Crippen molar-refractivity contribution >= 4 is 43.9 Å². The minimum Gasteiger partial charge on any atom is -0.310 e. The minimum absolute atomic E-state index is 0.0717. The molecule has 1 N–H and O–H groups in total. The summed E-state index contributed by atoms with van der Waals surface area (Å²) in [4.78, 5) is 19.0. The monoisotopic (exact) mass is 340 g/mol. The van der Waals surface area contributed by atoms with Crippen molar-refractivity contribution in [2.24, 2.45) is 0 Å². The number of pyridine rings is 1. The molecule has 6 nitrogen and oxygen atoms in total. The normalized spacial score (nSPS) is 14.4. The van der Waals surface area contributed by atoms with Crippen LogP contribution in [-0.2, 0) is 0 Å². The van der Waals surface area contributed by atoms with E-state index < -0.39 is 4.92 Å². The summed E-state index contributed by atoms with van der Waals surface area (Å²) in [5, 5.41) is 16.5. The smallest absolute Gasteiger partial charge is 0.310 e. The topological polar surface area (TPSA) is 81.0 Å². The zero-order valence-corrected chi connectivity index (χ0v) is 12.1. The summed E-state index contributed by atoms with van der Waals surface area (Å²) in [6.45, 7) is 0. The second-order valence-corrected chi connectivity index (χ2v) is 6.03. The molecule has 0 amide bonds. The molecular weight excluding hydrogens is 332 g/mol. The SMILES string of the molecule is O=[N+]([O-])c1cc(Br)cnc1Nc1nc(C2CC2)cs1. The lowest BCUT2D eigenvalue weighted by Gasteiger charge is -2.02. The third-order valence-electron chi connectivity index (χ3n) is 2.77. The maximum absolute atomic E-state index is 11.0. The molecule has 98 valence electrons. The fraction of sp³-hybridized carbons (Fsp3) is 0.273. The van der Waals surface area contributed by atoms with E-state index in [1.54, 1.807) is 0 Å². The molecule has 0 saturated heterocycles. The molecule has 2 heterocycles. The molecular formula is C11H9BrN4O2S. The van der Waals surface area contributed by atoms with Crippen molar-refractivity contribution in [2.45, 2.75) is 18.8 Å². The Kier molecular flexibility index (Phi) is 3.19. The van der Waals surface area contributed by atoms with Gasteiger partial charge in [0.2, 0.25) is 5.82 Å². The molecule has 1 fully saturated rings. The van der Waals surface area contributed by atoms with Gasteiger partial charge in [-0.2, -0.15) is 0 Å². The van der Waals surface area contributed by atoms with Gasteiger partial charge in [0, 0.05) is 28.0 Å². The molecule has 8 heteroatoms. The van der Waals surface area contributed by atoms with Crippen LogP contribution >= 0.6 is 27.3 Å². The van der Waals surface area contributed by atoms with Gasteiger partial charge in [-0.15, -0.1) is 11.3 Å². The molecule has 3 rings (SSSR count). The zero-order chi connectivity index (χ0) is 13.4. The first-order valence-electron chi connectivity index (χ1n) is 5.66. The second-order valence-electron chi connectivity index (χ2n) is 4.26. The van der Waals surface area contributed by atoms with Crippen LogP contribution in [0.4, 0.5) is 16.6 Å². The molecule has 2 aromatic heterocycles. The van der Waals surface area contributed by atoms with Crippen molar-refractivity contribution in [1.29, 1.82) is 0 Å². The Balaban J connectivity index is 1.87. The predicted molar refractivity (Wildman–Crippen MR) is 76.0 cm³/mol. The number of nitro groups is 1. The van der Waals surface area contributed by atoms with Gasteiger partial charge in [0.1, 0.15) is 0 Å². The van der Waals surface area contributed by atoms with Gasteiger partial charge in [0.05, 0.1) is 10.6 Å². The molecule has 2 aromatic rings. The summed E-state index contributed by atoms with van der Waals surface area (Å²) >= 11 is 4.61. The number of aromatic nitrogens is 2. The number of nitrogens with zero attached hydrogens (tertiary/aromatic N) is 3. The third kappa shape index (κ3) is 2.74. The Hall–Kier alpha value is -1.54. The zero-order valence-electron chi connectivity index (χ0n) is 9.67. The summed E-state index contributed by atoms with van der Waals surface area (Å²) in [5.41, 5.74) is 0.991. The number of thiazole rings is 1. The molecule has 1 aliphatic carbocycles. The Morgan fingerprint density at radius 1 is 1.53 bits per heavy atom. The van der Waals surface area contributed by atoms with E-state index in [0.29, 0.717) is 15.5 Å². The number of hydrogen-bond acceptors (Lipinski definition) is 6. The fourth-order valence-corrected chi connectivity index (χ4v) is 2.79. The van der Waals surface area contributed by atoms with Crippen molar-refractivity contribution in [3.8, 4) is 0 Å². The average molecular weight is 341 g/mol. The maximum Gasteiger partial charge on any atom is 0.312 e. The highest BCUT2D eigenvalue weighted by Gasteiger charge is 2.26. The van der Waals surface area contributed by atoms with Crippen LogP contribution in [0.5, 0.6) is 0 Å². The van der Waals surface area contributed by atoms with Crippen molar-refractivity contribution in [3.63, 3.8) is 0 Å². The first-order valence-corrected chi connectivity index (χ1v) is 7.33. The van der Waals surface area contributed by atoms with Crippen LogP contribution in [0.1, 0.15) is 24.5 Å². The molecule has 1 saturated carbocycles. The van der Waals surface area contributed by atoms with Crippen LogP contribution in [0.25, 0.3) is 0 Å². The number of anilines is 2. The number of hydrogen-bond donors (Lipinski definition) is 1. The molecule has 0 atom stereocenters. The van der Waals surface area contributed by atoms with Gasteiger partial charge in [-0.1, -0.05) is 0 Å². The van der Waals surface area contributed by atoms with E-state index in [1.165, 1.54) is 36.4 Å². The minimum atomic E-state index is -0.463. The number of nitrogens with one attached hydrogen (secondary N) is 1. The van der Waals surface area contributed by atoms with E-state index in [2.05, 4.69) is 31.2 Å². The van der Waals surface area contributed by atoms with Gasteiger partial charge in [0.25, 0.3) is 0 Å². The van der Waals surface area contributed by atoms with E-state index >= 15 is 0 Å². The van der Waals surface area contributed by atoms with Crippen molar-refractivity contribution in [2.75, 3.05) is 5.32 Å². The van der Waals surface area contributed by atoms with Crippen LogP contribution in [0.15, 0.2) is 22.1 Å². The molecule has 0 aliphatic heterocycles. The van der Waals surface area contributed by atoms with Crippen molar-refractivity contribution < 1.29 is 4.92 Å². The number of halogens is 1. The Morgan fingerprint density at radius 2 is 2.32 bits per heavy atom. The van der Waals surface area contributed by atoms with Crippen molar-refractivity contribution in [1.82, 2.24) is 9.97 Å². The van der Waals surface area contributed by atoms with Gasteiger partial charge < -0.3 is 5.32 Å². The van der Waals surface area contributed by atoms with Gasteiger partial charge in [-0.25, -0.2) is 9.97 Å². The quantitative estimate of drug-likeness (QED) is 0.675. The van der Waals surface area contributed by atoms with E-state index in [0.717, 1.165) is 5.69 Å². The second kappa shape index (κ2) is 4.86. The largest absolute Gasteiger partial charge is 0.312 e. The lowest BCUT2D eigenvalue weighted by molar-refractivity contribution is -0.384. The van der Waals surface area contributed by atoms with E-state index in [4.69, 9.17) is 0 Å². The van der Waals surface area contributed by atoms with Crippen LogP contribution in [-0.4, -0.2) is 14.9 Å².